The Kier molecular flexibility index (Phi) is 6.29. The van der Waals surface area contributed by atoms with E-state index < -0.39 is 0 Å². The molecule has 1 heterocycles. The van der Waals surface area contributed by atoms with E-state index in [4.69, 9.17) is 14.2 Å². The van der Waals surface area contributed by atoms with Gasteiger partial charge in [-0.1, -0.05) is 12.1 Å². The molecule has 1 fully saturated rings. The lowest BCUT2D eigenvalue weighted by molar-refractivity contribution is -0.0182. The van der Waals surface area contributed by atoms with Crippen LogP contribution in [-0.4, -0.2) is 58.0 Å². The molecule has 5 heteroatoms. The van der Waals surface area contributed by atoms with E-state index in [9.17, 15) is 0 Å². The Labute approximate surface area is 127 Å². The number of para-hydroxylation sites is 1. The Morgan fingerprint density at radius 3 is 3.00 bits per heavy atom. The molecule has 118 valence electrons. The Bertz CT molecular complexity index is 440. The highest BCUT2D eigenvalue weighted by atomic mass is 16.5. The number of rotatable bonds is 7. The van der Waals surface area contributed by atoms with Crippen LogP contribution in [0.3, 0.4) is 0 Å². The molecule has 1 aliphatic heterocycles. The van der Waals surface area contributed by atoms with Crippen LogP contribution < -0.4 is 14.8 Å². The van der Waals surface area contributed by atoms with Gasteiger partial charge in [0.15, 0.2) is 11.5 Å². The summed E-state index contributed by atoms with van der Waals surface area (Å²) in [5.74, 6) is 1.61. The number of hydrogen-bond donors (Lipinski definition) is 1. The molecule has 1 aromatic carbocycles. The van der Waals surface area contributed by atoms with Crippen molar-refractivity contribution in [2.75, 3.05) is 47.0 Å². The molecule has 0 saturated carbocycles. The molecule has 0 amide bonds. The molecular weight excluding hydrogens is 268 g/mol. The van der Waals surface area contributed by atoms with E-state index in [0.717, 1.165) is 49.8 Å². The summed E-state index contributed by atoms with van der Waals surface area (Å²) < 4.78 is 16.8. The van der Waals surface area contributed by atoms with Gasteiger partial charge in [0.1, 0.15) is 0 Å². The minimum atomic E-state index is 0.254. The average molecular weight is 294 g/mol. The zero-order chi connectivity index (χ0) is 15.1. The monoisotopic (exact) mass is 294 g/mol. The molecule has 0 spiro atoms. The van der Waals surface area contributed by atoms with E-state index >= 15 is 0 Å². The van der Waals surface area contributed by atoms with Crippen molar-refractivity contribution in [2.24, 2.45) is 0 Å². The van der Waals surface area contributed by atoms with Crippen LogP contribution in [0.2, 0.25) is 0 Å². The molecule has 1 aromatic rings. The first-order chi connectivity index (χ1) is 10.2. The Morgan fingerprint density at radius 2 is 2.29 bits per heavy atom. The predicted molar refractivity (Wildman–Crippen MR) is 83.1 cm³/mol. The van der Waals surface area contributed by atoms with Crippen LogP contribution in [-0.2, 0) is 11.3 Å². The fourth-order valence-corrected chi connectivity index (χ4v) is 2.56. The van der Waals surface area contributed by atoms with Gasteiger partial charge >= 0.3 is 0 Å². The third-order valence-electron chi connectivity index (χ3n) is 3.59. The third kappa shape index (κ3) is 4.59. The van der Waals surface area contributed by atoms with E-state index in [-0.39, 0.29) is 6.10 Å². The third-order valence-corrected chi connectivity index (χ3v) is 3.59. The lowest BCUT2D eigenvalue weighted by Crippen LogP contribution is -2.44. The molecule has 1 saturated heterocycles. The van der Waals surface area contributed by atoms with Crippen LogP contribution in [0.4, 0.5) is 0 Å². The summed E-state index contributed by atoms with van der Waals surface area (Å²) in [4.78, 5) is 2.30. The number of ether oxygens (including phenoxy) is 3. The molecular formula is C16H26N2O3. The van der Waals surface area contributed by atoms with Gasteiger partial charge in [0, 0.05) is 31.7 Å². The fraction of sp³-hybridized carbons (Fsp3) is 0.625. The Hall–Kier alpha value is -1.30. The van der Waals surface area contributed by atoms with Crippen molar-refractivity contribution in [3.63, 3.8) is 0 Å². The van der Waals surface area contributed by atoms with Gasteiger partial charge in [-0.3, -0.25) is 0 Å². The average Bonchev–Trinajstić information content (AvgIpc) is 2.48. The van der Waals surface area contributed by atoms with Crippen LogP contribution in [0.5, 0.6) is 11.5 Å². The van der Waals surface area contributed by atoms with Crippen LogP contribution in [0.1, 0.15) is 12.5 Å². The summed E-state index contributed by atoms with van der Waals surface area (Å²) in [6, 6.07) is 5.99. The molecule has 1 aliphatic rings. The van der Waals surface area contributed by atoms with Crippen molar-refractivity contribution in [3.05, 3.63) is 23.8 Å². The summed E-state index contributed by atoms with van der Waals surface area (Å²) in [6.07, 6.45) is 0.254. The first kappa shape index (κ1) is 16.1. The number of hydrogen-bond acceptors (Lipinski definition) is 5. The number of likely N-dealkylation sites (N-methyl/N-ethyl adjacent to an activating group) is 1. The van der Waals surface area contributed by atoms with Crippen molar-refractivity contribution < 1.29 is 14.2 Å². The molecule has 1 N–H and O–H groups in total. The zero-order valence-electron chi connectivity index (χ0n) is 13.2. The van der Waals surface area contributed by atoms with E-state index in [1.165, 1.54) is 0 Å². The second kappa shape index (κ2) is 8.22. The maximum Gasteiger partial charge on any atom is 0.165 e. The molecule has 0 aliphatic carbocycles. The van der Waals surface area contributed by atoms with Crippen molar-refractivity contribution in [2.45, 2.75) is 19.6 Å². The lowest BCUT2D eigenvalue weighted by Gasteiger charge is -2.30. The summed E-state index contributed by atoms with van der Waals surface area (Å²) in [5.41, 5.74) is 1.10. The summed E-state index contributed by atoms with van der Waals surface area (Å²) >= 11 is 0. The zero-order valence-corrected chi connectivity index (χ0v) is 13.2. The highest BCUT2D eigenvalue weighted by molar-refractivity contribution is 5.46. The van der Waals surface area contributed by atoms with Gasteiger partial charge in [-0.25, -0.2) is 0 Å². The minimum Gasteiger partial charge on any atom is -0.493 e. The van der Waals surface area contributed by atoms with Gasteiger partial charge in [0.25, 0.3) is 0 Å². The first-order valence-corrected chi connectivity index (χ1v) is 7.54. The molecule has 5 nitrogen and oxygen atoms in total. The fourth-order valence-electron chi connectivity index (χ4n) is 2.56. The van der Waals surface area contributed by atoms with Gasteiger partial charge in [-0.05, 0) is 20.0 Å². The summed E-state index contributed by atoms with van der Waals surface area (Å²) in [7, 11) is 3.81. The predicted octanol–water partition coefficient (Wildman–Crippen LogP) is 1.51. The van der Waals surface area contributed by atoms with E-state index in [2.05, 4.69) is 23.3 Å². The smallest absolute Gasteiger partial charge is 0.165 e. The number of methoxy groups -OCH3 is 1. The van der Waals surface area contributed by atoms with Gasteiger partial charge in [-0.15, -0.1) is 0 Å². The Balaban J connectivity index is 1.89. The largest absolute Gasteiger partial charge is 0.493 e. The van der Waals surface area contributed by atoms with Crippen LogP contribution in [0.15, 0.2) is 18.2 Å². The van der Waals surface area contributed by atoms with Crippen molar-refractivity contribution in [1.29, 1.82) is 0 Å². The van der Waals surface area contributed by atoms with Crippen molar-refractivity contribution in [1.82, 2.24) is 10.2 Å². The highest BCUT2D eigenvalue weighted by Gasteiger charge is 2.17. The number of nitrogens with zero attached hydrogens (tertiary/aromatic N) is 1. The molecule has 2 rings (SSSR count). The molecule has 1 atom stereocenters. The Morgan fingerprint density at radius 1 is 1.43 bits per heavy atom. The summed E-state index contributed by atoms with van der Waals surface area (Å²) in [6.45, 7) is 6.99. The van der Waals surface area contributed by atoms with Crippen molar-refractivity contribution >= 4 is 0 Å². The molecule has 0 aromatic heterocycles. The number of benzene rings is 1. The topological polar surface area (TPSA) is 43.0 Å². The van der Waals surface area contributed by atoms with Crippen LogP contribution in [0, 0.1) is 0 Å². The first-order valence-electron chi connectivity index (χ1n) is 7.54. The quantitative estimate of drug-likeness (QED) is 0.826. The second-order valence-corrected chi connectivity index (χ2v) is 5.27. The van der Waals surface area contributed by atoms with Crippen LogP contribution >= 0.6 is 0 Å². The van der Waals surface area contributed by atoms with Gasteiger partial charge < -0.3 is 24.4 Å². The number of nitrogens with one attached hydrogen (secondary N) is 1. The van der Waals surface area contributed by atoms with Crippen molar-refractivity contribution in [3.8, 4) is 11.5 Å². The maximum atomic E-state index is 5.75. The summed E-state index contributed by atoms with van der Waals surface area (Å²) in [5, 5.41) is 3.45. The number of morpholine rings is 1. The van der Waals surface area contributed by atoms with Gasteiger partial charge in [-0.2, -0.15) is 0 Å². The molecule has 1 unspecified atom stereocenters. The van der Waals surface area contributed by atoms with Gasteiger partial charge in [0.05, 0.1) is 26.4 Å². The van der Waals surface area contributed by atoms with E-state index in [0.29, 0.717) is 6.61 Å². The minimum absolute atomic E-state index is 0.254. The molecule has 21 heavy (non-hydrogen) atoms. The maximum absolute atomic E-state index is 5.75. The molecule has 0 bridgehead atoms. The molecule has 0 radical (unpaired) electrons. The van der Waals surface area contributed by atoms with E-state index in [1.807, 2.05) is 19.1 Å². The van der Waals surface area contributed by atoms with Gasteiger partial charge in [0.2, 0.25) is 0 Å². The van der Waals surface area contributed by atoms with Crippen LogP contribution in [0.25, 0.3) is 0 Å². The standard InChI is InChI=1S/C16H26N2O3/c1-4-20-15-7-5-6-13(16(15)19-3)10-17-11-14-12-18(2)8-9-21-14/h5-7,14,17H,4,8-12H2,1-3H3. The normalized spacial score (nSPS) is 19.5. The highest BCUT2D eigenvalue weighted by Crippen LogP contribution is 2.30. The SMILES string of the molecule is CCOc1cccc(CNCC2CN(C)CCO2)c1OC. The lowest BCUT2D eigenvalue weighted by atomic mass is 10.1. The van der Waals surface area contributed by atoms with E-state index in [1.54, 1.807) is 7.11 Å². The second-order valence-electron chi connectivity index (χ2n) is 5.27.